The Hall–Kier alpha value is -0.660. The molecule has 0 amide bonds. The van der Waals surface area contributed by atoms with Crippen LogP contribution in [0.3, 0.4) is 0 Å². The number of benzene rings is 1. The van der Waals surface area contributed by atoms with Crippen LogP contribution in [0.4, 0.5) is 0 Å². The van der Waals surface area contributed by atoms with Crippen LogP contribution < -0.4 is 5.32 Å². The standard InChI is InChI=1S/C15H23IN2O2/c1-4-18(5-2)11-10-17-15(3,14(19)20)12-6-8-13(16)9-7-12/h6-9,17H,4-5,10-11H2,1-3H3,(H,19,20). The minimum absolute atomic E-state index is 0.649. The lowest BCUT2D eigenvalue weighted by atomic mass is 9.92. The number of hydrogen-bond acceptors (Lipinski definition) is 3. The minimum atomic E-state index is -1.04. The lowest BCUT2D eigenvalue weighted by Crippen LogP contribution is -2.49. The summed E-state index contributed by atoms with van der Waals surface area (Å²) in [6, 6.07) is 7.62. The molecule has 0 fully saturated rings. The molecule has 0 aliphatic heterocycles. The number of carboxylic acid groups (broad SMARTS) is 1. The Kier molecular flexibility index (Phi) is 6.91. The smallest absolute Gasteiger partial charge is 0.328 e. The van der Waals surface area contributed by atoms with Crippen LogP contribution >= 0.6 is 22.6 Å². The van der Waals surface area contributed by atoms with Gasteiger partial charge < -0.3 is 10.0 Å². The molecule has 2 N–H and O–H groups in total. The fourth-order valence-corrected chi connectivity index (χ4v) is 2.45. The molecule has 1 unspecified atom stereocenters. The number of hydrogen-bond donors (Lipinski definition) is 2. The highest BCUT2D eigenvalue weighted by Gasteiger charge is 2.34. The van der Waals surface area contributed by atoms with Crippen molar-refractivity contribution in [1.82, 2.24) is 10.2 Å². The van der Waals surface area contributed by atoms with E-state index in [9.17, 15) is 9.90 Å². The summed E-state index contributed by atoms with van der Waals surface area (Å²) in [5, 5.41) is 12.7. The first-order valence-corrected chi connectivity index (χ1v) is 7.98. The average Bonchev–Trinajstić information content (AvgIpc) is 2.44. The molecule has 5 heteroatoms. The van der Waals surface area contributed by atoms with Gasteiger partial charge in [0, 0.05) is 16.7 Å². The molecular formula is C15H23IN2O2. The average molecular weight is 390 g/mol. The summed E-state index contributed by atoms with van der Waals surface area (Å²) in [5.74, 6) is -0.849. The zero-order valence-corrected chi connectivity index (χ0v) is 14.5. The van der Waals surface area contributed by atoms with E-state index in [0.717, 1.165) is 28.8 Å². The van der Waals surface area contributed by atoms with Crippen LogP contribution in [0.15, 0.2) is 24.3 Å². The third kappa shape index (κ3) is 4.43. The van der Waals surface area contributed by atoms with Gasteiger partial charge in [0.05, 0.1) is 0 Å². The van der Waals surface area contributed by atoms with Gasteiger partial charge in [-0.2, -0.15) is 0 Å². The molecule has 20 heavy (non-hydrogen) atoms. The number of carboxylic acids is 1. The van der Waals surface area contributed by atoms with E-state index >= 15 is 0 Å². The lowest BCUT2D eigenvalue weighted by molar-refractivity contribution is -0.144. The van der Waals surface area contributed by atoms with Crippen LogP contribution in [0.25, 0.3) is 0 Å². The molecule has 1 rings (SSSR count). The topological polar surface area (TPSA) is 52.6 Å². The summed E-state index contributed by atoms with van der Waals surface area (Å²) in [7, 11) is 0. The van der Waals surface area contributed by atoms with Crippen molar-refractivity contribution < 1.29 is 9.90 Å². The van der Waals surface area contributed by atoms with Gasteiger partial charge in [-0.3, -0.25) is 5.32 Å². The molecular weight excluding hydrogens is 367 g/mol. The number of carbonyl (C=O) groups is 1. The molecule has 112 valence electrons. The summed E-state index contributed by atoms with van der Waals surface area (Å²) < 4.78 is 1.10. The second-order valence-electron chi connectivity index (χ2n) is 4.89. The maximum atomic E-state index is 11.6. The molecule has 0 bridgehead atoms. The third-order valence-electron chi connectivity index (χ3n) is 3.65. The second kappa shape index (κ2) is 7.95. The maximum Gasteiger partial charge on any atom is 0.328 e. The van der Waals surface area contributed by atoms with Gasteiger partial charge in [0.15, 0.2) is 0 Å². The predicted octanol–water partition coefficient (Wildman–Crippen LogP) is 2.52. The van der Waals surface area contributed by atoms with Gasteiger partial charge >= 0.3 is 5.97 Å². The molecule has 1 atom stereocenters. The van der Waals surface area contributed by atoms with Gasteiger partial charge in [-0.1, -0.05) is 26.0 Å². The predicted molar refractivity (Wildman–Crippen MR) is 89.9 cm³/mol. The summed E-state index contributed by atoms with van der Waals surface area (Å²) >= 11 is 2.21. The van der Waals surface area contributed by atoms with Crippen molar-refractivity contribution in [2.75, 3.05) is 26.2 Å². The van der Waals surface area contributed by atoms with Crippen molar-refractivity contribution in [2.24, 2.45) is 0 Å². The SMILES string of the molecule is CCN(CC)CCNC(C)(C(=O)O)c1ccc(I)cc1. The van der Waals surface area contributed by atoms with E-state index in [1.165, 1.54) is 0 Å². The monoisotopic (exact) mass is 390 g/mol. The maximum absolute atomic E-state index is 11.6. The molecule has 0 heterocycles. The van der Waals surface area contributed by atoms with Crippen LogP contribution in [0.5, 0.6) is 0 Å². The summed E-state index contributed by atoms with van der Waals surface area (Å²) in [6.07, 6.45) is 0. The highest BCUT2D eigenvalue weighted by atomic mass is 127. The number of halogens is 1. The minimum Gasteiger partial charge on any atom is -0.480 e. The molecule has 4 nitrogen and oxygen atoms in total. The summed E-state index contributed by atoms with van der Waals surface area (Å²) in [5.41, 5.74) is -0.262. The molecule has 0 saturated heterocycles. The third-order valence-corrected chi connectivity index (χ3v) is 4.37. The van der Waals surface area contributed by atoms with Crippen molar-refractivity contribution in [3.63, 3.8) is 0 Å². The fraction of sp³-hybridized carbons (Fsp3) is 0.533. The van der Waals surface area contributed by atoms with Crippen molar-refractivity contribution >= 4 is 28.6 Å². The van der Waals surface area contributed by atoms with Crippen molar-refractivity contribution in [3.05, 3.63) is 33.4 Å². The fourth-order valence-electron chi connectivity index (χ4n) is 2.09. The Morgan fingerprint density at radius 2 is 1.85 bits per heavy atom. The molecule has 0 aliphatic rings. The van der Waals surface area contributed by atoms with E-state index in [-0.39, 0.29) is 0 Å². The van der Waals surface area contributed by atoms with Crippen molar-refractivity contribution in [3.8, 4) is 0 Å². The van der Waals surface area contributed by atoms with Gasteiger partial charge in [-0.05, 0) is 60.3 Å². The first-order chi connectivity index (χ1) is 9.43. The summed E-state index contributed by atoms with van der Waals surface area (Å²) in [4.78, 5) is 13.9. The van der Waals surface area contributed by atoms with E-state index in [1.54, 1.807) is 6.92 Å². The Morgan fingerprint density at radius 3 is 2.30 bits per heavy atom. The molecule has 0 saturated carbocycles. The highest BCUT2D eigenvalue weighted by Crippen LogP contribution is 2.22. The van der Waals surface area contributed by atoms with E-state index < -0.39 is 11.5 Å². The van der Waals surface area contributed by atoms with Crippen molar-refractivity contribution in [1.29, 1.82) is 0 Å². The molecule has 0 aliphatic carbocycles. The largest absolute Gasteiger partial charge is 0.480 e. The molecule has 0 aromatic heterocycles. The first-order valence-electron chi connectivity index (χ1n) is 6.90. The number of nitrogens with zero attached hydrogens (tertiary/aromatic N) is 1. The number of rotatable bonds is 8. The quantitative estimate of drug-likeness (QED) is 0.670. The van der Waals surface area contributed by atoms with E-state index in [0.29, 0.717) is 6.54 Å². The van der Waals surface area contributed by atoms with Crippen LogP contribution in [0.1, 0.15) is 26.3 Å². The molecule has 1 aromatic carbocycles. The zero-order valence-electron chi connectivity index (χ0n) is 12.3. The van der Waals surface area contributed by atoms with Crippen LogP contribution in [0.2, 0.25) is 0 Å². The van der Waals surface area contributed by atoms with Gasteiger partial charge in [0.2, 0.25) is 0 Å². The van der Waals surface area contributed by atoms with Crippen molar-refractivity contribution in [2.45, 2.75) is 26.3 Å². The van der Waals surface area contributed by atoms with Crippen LogP contribution in [-0.2, 0) is 10.3 Å². The Labute approximate surface area is 134 Å². The van der Waals surface area contributed by atoms with Gasteiger partial charge in [-0.25, -0.2) is 4.79 Å². The van der Waals surface area contributed by atoms with E-state index in [4.69, 9.17) is 0 Å². The van der Waals surface area contributed by atoms with E-state index in [2.05, 4.69) is 46.7 Å². The lowest BCUT2D eigenvalue weighted by Gasteiger charge is -2.28. The summed E-state index contributed by atoms with van der Waals surface area (Å²) in [6.45, 7) is 9.39. The normalized spacial score (nSPS) is 14.2. The number of aliphatic carboxylic acids is 1. The second-order valence-corrected chi connectivity index (χ2v) is 6.14. The number of likely N-dealkylation sites (N-methyl/N-ethyl adjacent to an activating group) is 1. The Balaban J connectivity index is 2.77. The van der Waals surface area contributed by atoms with Gasteiger partial charge in [0.1, 0.15) is 5.54 Å². The Morgan fingerprint density at radius 1 is 1.30 bits per heavy atom. The van der Waals surface area contributed by atoms with Gasteiger partial charge in [-0.15, -0.1) is 0 Å². The van der Waals surface area contributed by atoms with Crippen LogP contribution in [0, 0.1) is 3.57 Å². The molecule has 0 radical (unpaired) electrons. The number of nitrogens with one attached hydrogen (secondary N) is 1. The van der Waals surface area contributed by atoms with Crippen LogP contribution in [-0.4, -0.2) is 42.2 Å². The van der Waals surface area contributed by atoms with Gasteiger partial charge in [0.25, 0.3) is 0 Å². The Bertz CT molecular complexity index is 432. The first kappa shape index (κ1) is 17.4. The zero-order chi connectivity index (χ0) is 15.2. The molecule has 1 aromatic rings. The van der Waals surface area contributed by atoms with E-state index in [1.807, 2.05) is 24.3 Å². The molecule has 0 spiro atoms. The highest BCUT2D eigenvalue weighted by molar-refractivity contribution is 14.1.